The molecule has 1 rings (SSSR count). The highest BCUT2D eigenvalue weighted by molar-refractivity contribution is 5.90. The van der Waals surface area contributed by atoms with Crippen LogP contribution < -0.4 is 10.5 Å². The van der Waals surface area contributed by atoms with Crippen molar-refractivity contribution in [3.63, 3.8) is 0 Å². The lowest BCUT2D eigenvalue weighted by atomic mass is 10.1. The summed E-state index contributed by atoms with van der Waals surface area (Å²) in [6, 6.07) is 1.39. The Morgan fingerprint density at radius 2 is 2.33 bits per heavy atom. The highest BCUT2D eigenvalue weighted by Gasteiger charge is 2.14. The van der Waals surface area contributed by atoms with Crippen molar-refractivity contribution in [2.24, 2.45) is 0 Å². The number of aryl methyl sites for hydroxylation is 1. The molecule has 0 aromatic carbocycles. The van der Waals surface area contributed by atoms with E-state index in [-0.39, 0.29) is 17.1 Å². The number of nitrogen functional groups attached to an aromatic ring is 1. The first-order chi connectivity index (χ1) is 7.10. The molecule has 0 amide bonds. The van der Waals surface area contributed by atoms with Gasteiger partial charge in [0.2, 0.25) is 5.88 Å². The van der Waals surface area contributed by atoms with Gasteiger partial charge < -0.3 is 15.6 Å². The number of rotatable bonds is 4. The van der Waals surface area contributed by atoms with Crippen LogP contribution in [0, 0.1) is 0 Å². The number of aromatic nitrogens is 1. The lowest BCUT2D eigenvalue weighted by molar-refractivity contribution is 0.0695. The van der Waals surface area contributed by atoms with E-state index < -0.39 is 5.97 Å². The van der Waals surface area contributed by atoms with Gasteiger partial charge in [-0.3, -0.25) is 0 Å². The quantitative estimate of drug-likeness (QED) is 0.782. The number of carbonyl (C=O) groups is 1. The van der Waals surface area contributed by atoms with Crippen molar-refractivity contribution in [3.8, 4) is 5.88 Å². The minimum atomic E-state index is -1.01. The predicted molar refractivity (Wildman–Crippen MR) is 56.2 cm³/mol. The van der Waals surface area contributed by atoms with E-state index in [1.165, 1.54) is 13.2 Å². The first-order valence-electron chi connectivity index (χ1n) is 4.66. The molecule has 5 heteroatoms. The smallest absolute Gasteiger partial charge is 0.337 e. The molecule has 0 atom stereocenters. The van der Waals surface area contributed by atoms with E-state index in [4.69, 9.17) is 15.6 Å². The molecule has 3 N–H and O–H groups in total. The third kappa shape index (κ3) is 2.37. The van der Waals surface area contributed by atoms with Gasteiger partial charge in [0.25, 0.3) is 0 Å². The van der Waals surface area contributed by atoms with Gasteiger partial charge in [-0.25, -0.2) is 9.78 Å². The molecule has 1 aromatic rings. The van der Waals surface area contributed by atoms with Crippen molar-refractivity contribution < 1.29 is 14.6 Å². The van der Waals surface area contributed by atoms with Gasteiger partial charge >= 0.3 is 5.97 Å². The molecule has 0 radical (unpaired) electrons. The van der Waals surface area contributed by atoms with E-state index in [0.717, 1.165) is 6.42 Å². The Hall–Kier alpha value is -1.78. The van der Waals surface area contributed by atoms with Crippen LogP contribution in [0.1, 0.15) is 29.4 Å². The largest absolute Gasteiger partial charge is 0.480 e. The Morgan fingerprint density at radius 1 is 1.67 bits per heavy atom. The molecule has 5 nitrogen and oxygen atoms in total. The van der Waals surface area contributed by atoms with E-state index in [9.17, 15) is 4.79 Å². The number of ether oxygens (including phenoxy) is 1. The minimum Gasteiger partial charge on any atom is -0.480 e. The van der Waals surface area contributed by atoms with Crippen molar-refractivity contribution >= 4 is 11.7 Å². The summed E-state index contributed by atoms with van der Waals surface area (Å²) in [5.74, 6) is -0.733. The van der Waals surface area contributed by atoms with Gasteiger partial charge in [0, 0.05) is 0 Å². The molecule has 0 bridgehead atoms. The zero-order valence-corrected chi connectivity index (χ0v) is 8.78. The van der Waals surface area contributed by atoms with Crippen LogP contribution in [0.25, 0.3) is 0 Å². The summed E-state index contributed by atoms with van der Waals surface area (Å²) >= 11 is 0. The van der Waals surface area contributed by atoms with Crippen LogP contribution in [0.2, 0.25) is 0 Å². The van der Waals surface area contributed by atoms with E-state index in [1.807, 2.05) is 6.92 Å². The van der Waals surface area contributed by atoms with E-state index >= 15 is 0 Å². The number of carboxylic acid groups (broad SMARTS) is 1. The number of hydrogen-bond donors (Lipinski definition) is 2. The maximum absolute atomic E-state index is 10.9. The number of methoxy groups -OCH3 is 1. The van der Waals surface area contributed by atoms with Crippen molar-refractivity contribution in [2.45, 2.75) is 19.8 Å². The number of aromatic carboxylic acids is 1. The number of nitrogens with zero attached hydrogens (tertiary/aromatic N) is 1. The summed E-state index contributed by atoms with van der Waals surface area (Å²) in [7, 11) is 1.45. The highest BCUT2D eigenvalue weighted by atomic mass is 16.5. The van der Waals surface area contributed by atoms with E-state index in [2.05, 4.69) is 4.98 Å². The van der Waals surface area contributed by atoms with Crippen molar-refractivity contribution in [1.29, 1.82) is 0 Å². The monoisotopic (exact) mass is 210 g/mol. The fourth-order valence-corrected chi connectivity index (χ4v) is 1.32. The molecule has 15 heavy (non-hydrogen) atoms. The molecule has 0 saturated heterocycles. The van der Waals surface area contributed by atoms with Crippen LogP contribution in [0.15, 0.2) is 6.07 Å². The average molecular weight is 210 g/mol. The maximum Gasteiger partial charge on any atom is 0.337 e. The SMILES string of the molecule is CCCc1nc(OC)c(N)cc1C(=O)O. The zero-order chi connectivity index (χ0) is 11.4. The van der Waals surface area contributed by atoms with E-state index in [0.29, 0.717) is 12.1 Å². The minimum absolute atomic E-state index is 0.148. The van der Waals surface area contributed by atoms with Crippen LogP contribution in [-0.4, -0.2) is 23.2 Å². The Balaban J connectivity index is 3.25. The Labute approximate surface area is 87.9 Å². The molecule has 0 spiro atoms. The number of carboxylic acids is 1. The van der Waals surface area contributed by atoms with Crippen LogP contribution >= 0.6 is 0 Å². The molecule has 0 unspecified atom stereocenters. The summed E-state index contributed by atoms with van der Waals surface area (Å²) in [6.45, 7) is 1.95. The van der Waals surface area contributed by atoms with Gasteiger partial charge in [0.05, 0.1) is 24.1 Å². The number of pyridine rings is 1. The summed E-state index contributed by atoms with van der Waals surface area (Å²) < 4.78 is 4.94. The molecule has 0 aliphatic heterocycles. The normalized spacial score (nSPS) is 10.0. The molecule has 0 aliphatic carbocycles. The second kappa shape index (κ2) is 4.63. The Morgan fingerprint density at radius 3 is 2.80 bits per heavy atom. The second-order valence-corrected chi connectivity index (χ2v) is 3.14. The second-order valence-electron chi connectivity index (χ2n) is 3.14. The maximum atomic E-state index is 10.9. The van der Waals surface area contributed by atoms with Crippen molar-refractivity contribution in [3.05, 3.63) is 17.3 Å². The summed E-state index contributed by atoms with van der Waals surface area (Å²) in [5, 5.41) is 8.94. The molecular weight excluding hydrogens is 196 g/mol. The van der Waals surface area contributed by atoms with Gasteiger partial charge in [-0.05, 0) is 12.5 Å². The zero-order valence-electron chi connectivity index (χ0n) is 8.78. The predicted octanol–water partition coefficient (Wildman–Crippen LogP) is 1.32. The highest BCUT2D eigenvalue weighted by Crippen LogP contribution is 2.22. The third-order valence-corrected chi connectivity index (χ3v) is 2.00. The van der Waals surface area contributed by atoms with E-state index in [1.54, 1.807) is 0 Å². The average Bonchev–Trinajstić information content (AvgIpc) is 2.20. The lowest BCUT2D eigenvalue weighted by Gasteiger charge is -2.08. The first kappa shape index (κ1) is 11.3. The van der Waals surface area contributed by atoms with Crippen LogP contribution in [0.3, 0.4) is 0 Å². The topological polar surface area (TPSA) is 85.4 Å². The molecule has 1 heterocycles. The summed E-state index contributed by atoms with van der Waals surface area (Å²) in [5.41, 5.74) is 6.49. The van der Waals surface area contributed by atoms with Crippen LogP contribution in [0.4, 0.5) is 5.69 Å². The third-order valence-electron chi connectivity index (χ3n) is 2.00. The van der Waals surface area contributed by atoms with Gasteiger partial charge in [-0.15, -0.1) is 0 Å². The summed E-state index contributed by atoms with van der Waals surface area (Å²) in [4.78, 5) is 15.0. The molecule has 1 aromatic heterocycles. The van der Waals surface area contributed by atoms with Gasteiger partial charge in [0.1, 0.15) is 0 Å². The Kier molecular flexibility index (Phi) is 3.49. The molecular formula is C10H14N2O3. The molecule has 0 fully saturated rings. The number of hydrogen-bond acceptors (Lipinski definition) is 4. The molecule has 82 valence electrons. The molecule has 0 aliphatic rings. The standard InChI is InChI=1S/C10H14N2O3/c1-3-4-8-6(10(13)14)5-7(11)9(12-8)15-2/h5H,3-4,11H2,1-2H3,(H,13,14). The van der Waals surface area contributed by atoms with Crippen LogP contribution in [0.5, 0.6) is 5.88 Å². The fraction of sp³-hybridized carbons (Fsp3) is 0.400. The summed E-state index contributed by atoms with van der Waals surface area (Å²) in [6.07, 6.45) is 1.42. The Bertz CT molecular complexity index is 377. The lowest BCUT2D eigenvalue weighted by Crippen LogP contribution is -2.08. The first-order valence-corrected chi connectivity index (χ1v) is 4.66. The number of anilines is 1. The van der Waals surface area contributed by atoms with Crippen molar-refractivity contribution in [1.82, 2.24) is 4.98 Å². The molecule has 0 saturated carbocycles. The van der Waals surface area contributed by atoms with Gasteiger partial charge in [-0.2, -0.15) is 0 Å². The van der Waals surface area contributed by atoms with Crippen LogP contribution in [-0.2, 0) is 6.42 Å². The van der Waals surface area contributed by atoms with Gasteiger partial charge in [-0.1, -0.05) is 13.3 Å². The number of nitrogens with two attached hydrogens (primary N) is 1. The van der Waals surface area contributed by atoms with Crippen molar-refractivity contribution in [2.75, 3.05) is 12.8 Å². The fourth-order valence-electron chi connectivity index (χ4n) is 1.32. The van der Waals surface area contributed by atoms with Gasteiger partial charge in [0.15, 0.2) is 0 Å².